The summed E-state index contributed by atoms with van der Waals surface area (Å²) in [4.78, 5) is 12.1. The maximum atomic E-state index is 12.1. The van der Waals surface area contributed by atoms with Crippen molar-refractivity contribution in [2.45, 2.75) is 30.2 Å². The van der Waals surface area contributed by atoms with Gasteiger partial charge in [0.25, 0.3) is 0 Å². The molecule has 0 saturated carbocycles. The number of rotatable bonds is 2. The summed E-state index contributed by atoms with van der Waals surface area (Å²) < 4.78 is 9.98. The molecule has 1 aromatic carbocycles. The summed E-state index contributed by atoms with van der Waals surface area (Å²) in [5.41, 5.74) is -2.01. The van der Waals surface area contributed by atoms with Crippen LogP contribution in [0.25, 0.3) is 6.08 Å². The van der Waals surface area contributed by atoms with E-state index < -0.39 is 42.8 Å². The largest absolute Gasteiger partial charge is 0.508 e. The molecule has 2 aliphatic heterocycles. The highest BCUT2D eigenvalue weighted by atomic mass is 16.7. The number of aliphatic hydroxyl groups is 4. The van der Waals surface area contributed by atoms with Crippen molar-refractivity contribution < 1.29 is 39.8 Å². The van der Waals surface area contributed by atoms with E-state index in [1.165, 1.54) is 30.3 Å². The molecular weight excluding hydrogens is 308 g/mol. The molecule has 23 heavy (non-hydrogen) atoms. The van der Waals surface area contributed by atoms with Gasteiger partial charge in [-0.3, -0.25) is 0 Å². The normalized spacial score (nSPS) is 38.4. The molecule has 1 aromatic rings. The van der Waals surface area contributed by atoms with Crippen molar-refractivity contribution in [3.05, 3.63) is 35.4 Å². The van der Waals surface area contributed by atoms with Crippen molar-refractivity contribution in [1.82, 2.24) is 0 Å². The number of phenolic OH excluding ortho intramolecular Hbond substituents is 1. The molecule has 5 atom stereocenters. The monoisotopic (exact) mass is 324 g/mol. The van der Waals surface area contributed by atoms with Crippen molar-refractivity contribution >= 4 is 12.0 Å². The molecule has 8 heteroatoms. The van der Waals surface area contributed by atoms with Gasteiger partial charge in [0.2, 0.25) is 0 Å². The Morgan fingerprint density at radius 3 is 2.48 bits per heavy atom. The lowest BCUT2D eigenvalue weighted by atomic mass is 9.79. The van der Waals surface area contributed by atoms with E-state index in [0.717, 1.165) is 0 Å². The Hall–Kier alpha value is -1.97. The maximum absolute atomic E-state index is 12.1. The first-order valence-electron chi connectivity index (χ1n) is 6.95. The third-order valence-corrected chi connectivity index (χ3v) is 4.08. The summed E-state index contributed by atoms with van der Waals surface area (Å²) in [6.45, 7) is -0.615. The Balaban J connectivity index is 2.06. The quantitative estimate of drug-likeness (QED) is 0.327. The fourth-order valence-electron chi connectivity index (χ4n) is 2.87. The summed E-state index contributed by atoms with van der Waals surface area (Å²) in [6.07, 6.45) is -4.84. The first kappa shape index (κ1) is 15.9. The molecule has 3 rings (SSSR count). The molecular formula is C15H16O8. The lowest BCUT2D eigenvalue weighted by Crippen LogP contribution is -2.65. The van der Waals surface area contributed by atoms with E-state index in [1.54, 1.807) is 0 Å². The van der Waals surface area contributed by atoms with Gasteiger partial charge >= 0.3 is 5.97 Å². The lowest BCUT2D eigenvalue weighted by molar-refractivity contribution is -0.301. The number of esters is 1. The van der Waals surface area contributed by atoms with E-state index in [-0.39, 0.29) is 11.3 Å². The summed E-state index contributed by atoms with van der Waals surface area (Å²) in [5, 5.41) is 49.2. The second kappa shape index (κ2) is 5.59. The van der Waals surface area contributed by atoms with Crippen LogP contribution in [0.3, 0.4) is 0 Å². The van der Waals surface area contributed by atoms with Gasteiger partial charge in [0, 0.05) is 0 Å². The summed E-state index contributed by atoms with van der Waals surface area (Å²) in [7, 11) is 0. The smallest absolute Gasteiger partial charge is 0.337 e. The maximum Gasteiger partial charge on any atom is 0.337 e. The van der Waals surface area contributed by atoms with Crippen molar-refractivity contribution in [1.29, 1.82) is 0 Å². The zero-order valence-electron chi connectivity index (χ0n) is 11.9. The Morgan fingerprint density at radius 1 is 1.22 bits per heavy atom. The van der Waals surface area contributed by atoms with E-state index in [9.17, 15) is 30.3 Å². The predicted octanol–water partition coefficient (Wildman–Crippen LogP) is -1.50. The van der Waals surface area contributed by atoms with Crippen LogP contribution in [0, 0.1) is 0 Å². The Kier molecular flexibility index (Phi) is 3.86. The van der Waals surface area contributed by atoms with Crippen molar-refractivity contribution in [3.63, 3.8) is 0 Å². The van der Waals surface area contributed by atoms with E-state index >= 15 is 0 Å². The molecule has 2 heterocycles. The summed E-state index contributed by atoms with van der Waals surface area (Å²) in [5.74, 6) is -0.861. The summed E-state index contributed by atoms with van der Waals surface area (Å²) in [6, 6.07) is 5.77. The van der Waals surface area contributed by atoms with Gasteiger partial charge in [-0.1, -0.05) is 12.1 Å². The highest BCUT2D eigenvalue weighted by Crippen LogP contribution is 2.43. The highest BCUT2D eigenvalue weighted by molar-refractivity contribution is 5.99. The minimum absolute atomic E-state index is 0.0274. The second-order valence-electron chi connectivity index (χ2n) is 5.49. The van der Waals surface area contributed by atoms with Crippen LogP contribution in [0.2, 0.25) is 0 Å². The van der Waals surface area contributed by atoms with Crippen LogP contribution in [0.4, 0.5) is 0 Å². The van der Waals surface area contributed by atoms with Crippen LogP contribution < -0.4 is 0 Å². The number of benzene rings is 1. The van der Waals surface area contributed by atoms with Crippen LogP contribution in [0.5, 0.6) is 5.75 Å². The van der Waals surface area contributed by atoms with Crippen LogP contribution in [-0.2, 0) is 14.3 Å². The molecule has 0 radical (unpaired) electrons. The van der Waals surface area contributed by atoms with E-state index in [0.29, 0.717) is 5.56 Å². The first-order valence-corrected chi connectivity index (χ1v) is 6.95. The molecule has 0 spiro atoms. The Labute approximate surface area is 130 Å². The minimum Gasteiger partial charge on any atom is -0.508 e. The van der Waals surface area contributed by atoms with Gasteiger partial charge in [-0.15, -0.1) is 0 Å². The molecule has 8 nitrogen and oxygen atoms in total. The van der Waals surface area contributed by atoms with Gasteiger partial charge in [0.05, 0.1) is 12.2 Å². The number of carbonyl (C=O) groups excluding carboxylic acids is 1. The highest BCUT2D eigenvalue weighted by Gasteiger charge is 2.64. The van der Waals surface area contributed by atoms with Crippen LogP contribution in [0.1, 0.15) is 5.56 Å². The molecule has 5 N–H and O–H groups in total. The second-order valence-corrected chi connectivity index (χ2v) is 5.49. The van der Waals surface area contributed by atoms with Gasteiger partial charge in [-0.2, -0.15) is 0 Å². The molecule has 0 bridgehead atoms. The fourth-order valence-corrected chi connectivity index (χ4v) is 2.87. The summed E-state index contributed by atoms with van der Waals surface area (Å²) >= 11 is 0. The van der Waals surface area contributed by atoms with E-state index in [1.807, 2.05) is 0 Å². The minimum atomic E-state index is -2.22. The number of aliphatic hydroxyl groups excluding tert-OH is 3. The van der Waals surface area contributed by atoms with Crippen molar-refractivity contribution in [2.24, 2.45) is 0 Å². The molecule has 5 unspecified atom stereocenters. The number of hydrogen-bond acceptors (Lipinski definition) is 8. The third kappa shape index (κ3) is 2.41. The zero-order chi connectivity index (χ0) is 16.8. The number of hydrogen-bond donors (Lipinski definition) is 5. The molecule has 0 aromatic heterocycles. The number of fused-ring (bicyclic) bond motifs is 1. The van der Waals surface area contributed by atoms with Gasteiger partial charge in [-0.05, 0) is 23.8 Å². The molecule has 0 amide bonds. The van der Waals surface area contributed by atoms with Crippen molar-refractivity contribution in [2.75, 3.05) is 6.61 Å². The number of ether oxygens (including phenoxy) is 2. The average molecular weight is 324 g/mol. The van der Waals surface area contributed by atoms with Gasteiger partial charge < -0.3 is 35.0 Å². The fraction of sp³-hybridized carbons (Fsp3) is 0.400. The Bertz CT molecular complexity index is 639. The first-order chi connectivity index (χ1) is 10.9. The van der Waals surface area contributed by atoms with Gasteiger partial charge in [0.15, 0.2) is 18.0 Å². The molecule has 2 saturated heterocycles. The molecule has 2 aliphatic rings. The van der Waals surface area contributed by atoms with E-state index in [4.69, 9.17) is 9.47 Å². The lowest BCUT2D eigenvalue weighted by Gasteiger charge is -2.43. The Morgan fingerprint density at radius 2 is 1.87 bits per heavy atom. The number of carbonyl (C=O) groups is 1. The SMILES string of the molecule is O=C1OC2C(CO)OC(O)C(O)C2(O)C1=Cc1ccc(O)cc1. The van der Waals surface area contributed by atoms with Crippen LogP contribution in [-0.4, -0.2) is 68.3 Å². The van der Waals surface area contributed by atoms with E-state index in [2.05, 4.69) is 0 Å². The molecule has 0 aliphatic carbocycles. The van der Waals surface area contributed by atoms with Crippen LogP contribution in [0.15, 0.2) is 29.8 Å². The van der Waals surface area contributed by atoms with Gasteiger partial charge in [-0.25, -0.2) is 4.79 Å². The third-order valence-electron chi connectivity index (χ3n) is 4.08. The molecule has 2 fully saturated rings. The number of phenols is 1. The topological polar surface area (TPSA) is 137 Å². The van der Waals surface area contributed by atoms with Crippen LogP contribution >= 0.6 is 0 Å². The number of aromatic hydroxyl groups is 1. The zero-order valence-corrected chi connectivity index (χ0v) is 11.9. The average Bonchev–Trinajstić information content (AvgIpc) is 2.79. The van der Waals surface area contributed by atoms with Crippen molar-refractivity contribution in [3.8, 4) is 5.75 Å². The van der Waals surface area contributed by atoms with Gasteiger partial charge in [0.1, 0.15) is 18.0 Å². The standard InChI is InChI=1S/C15H16O8/c16-6-10-12-15(21,11(18)14(20)22-10)9(13(19)23-12)5-7-1-3-8(17)4-2-7/h1-5,10-12,14,16-18,20-21H,6H2. The predicted molar refractivity (Wildman–Crippen MR) is 74.9 cm³/mol. The molecule has 124 valence electrons.